The van der Waals surface area contributed by atoms with E-state index in [1.54, 1.807) is 25.3 Å². The smallest absolute Gasteiger partial charge is 0.337 e. The van der Waals surface area contributed by atoms with Gasteiger partial charge in [0.15, 0.2) is 0 Å². The van der Waals surface area contributed by atoms with Crippen LogP contribution in [0.5, 0.6) is 5.75 Å². The lowest BCUT2D eigenvalue weighted by Crippen LogP contribution is -2.20. The van der Waals surface area contributed by atoms with Crippen LogP contribution in [0.4, 0.5) is 5.69 Å². The minimum absolute atomic E-state index is 0.301. The summed E-state index contributed by atoms with van der Waals surface area (Å²) in [5, 5.41) is 12.6. The number of hydrogen-bond donors (Lipinski definition) is 2. The van der Waals surface area contributed by atoms with Crippen LogP contribution in [0, 0.1) is 5.92 Å². The molecule has 2 N–H and O–H groups in total. The standard InChI is InChI=1S/C15H21NO3/c1-3-11(8-10-4-5-10)16-14-9-12(19-2)6-7-13(14)15(17)18/h6-7,9-11,16H,3-5,8H2,1-2H3,(H,17,18). The molecule has 1 unspecified atom stereocenters. The third-order valence-corrected chi connectivity index (χ3v) is 3.62. The molecule has 1 fully saturated rings. The Hall–Kier alpha value is -1.71. The lowest BCUT2D eigenvalue weighted by atomic mass is 10.1. The number of rotatable bonds is 7. The van der Waals surface area contributed by atoms with Crippen molar-refractivity contribution in [3.8, 4) is 5.75 Å². The first-order valence-corrected chi connectivity index (χ1v) is 6.82. The number of carbonyl (C=O) groups is 1. The summed E-state index contributed by atoms with van der Waals surface area (Å²) in [6.45, 7) is 2.13. The predicted octanol–water partition coefficient (Wildman–Crippen LogP) is 3.38. The van der Waals surface area contributed by atoms with E-state index in [2.05, 4.69) is 12.2 Å². The monoisotopic (exact) mass is 263 g/mol. The van der Waals surface area contributed by atoms with Crippen LogP contribution in [-0.4, -0.2) is 24.2 Å². The Morgan fingerprint density at radius 1 is 1.53 bits per heavy atom. The summed E-state index contributed by atoms with van der Waals surface area (Å²) in [5.74, 6) is 0.580. The molecular formula is C15H21NO3. The first kappa shape index (κ1) is 13.7. The molecule has 0 saturated heterocycles. The fourth-order valence-corrected chi connectivity index (χ4v) is 2.26. The topological polar surface area (TPSA) is 58.6 Å². The Bertz CT molecular complexity index is 455. The van der Waals surface area contributed by atoms with E-state index in [1.807, 2.05) is 0 Å². The van der Waals surface area contributed by atoms with Gasteiger partial charge in [0.05, 0.1) is 18.4 Å². The highest BCUT2D eigenvalue weighted by Gasteiger charge is 2.25. The highest BCUT2D eigenvalue weighted by Crippen LogP contribution is 2.35. The summed E-state index contributed by atoms with van der Waals surface area (Å²) in [6, 6.07) is 5.36. The zero-order valence-electron chi connectivity index (χ0n) is 11.5. The zero-order valence-corrected chi connectivity index (χ0v) is 11.5. The molecule has 0 heterocycles. The fourth-order valence-electron chi connectivity index (χ4n) is 2.26. The van der Waals surface area contributed by atoms with Gasteiger partial charge in [-0.1, -0.05) is 19.8 Å². The Balaban J connectivity index is 2.16. The molecule has 19 heavy (non-hydrogen) atoms. The van der Waals surface area contributed by atoms with Gasteiger partial charge in [-0.3, -0.25) is 0 Å². The third kappa shape index (κ3) is 3.63. The molecule has 0 bridgehead atoms. The summed E-state index contributed by atoms with van der Waals surface area (Å²) in [5.41, 5.74) is 0.953. The minimum atomic E-state index is -0.911. The SMILES string of the molecule is CCC(CC1CC1)Nc1cc(OC)ccc1C(=O)O. The second-order valence-electron chi connectivity index (χ2n) is 5.15. The van der Waals surface area contributed by atoms with Gasteiger partial charge in [-0.15, -0.1) is 0 Å². The van der Waals surface area contributed by atoms with Crippen LogP contribution in [0.25, 0.3) is 0 Å². The second kappa shape index (κ2) is 5.95. The normalized spacial score (nSPS) is 15.9. The van der Waals surface area contributed by atoms with Gasteiger partial charge in [0.25, 0.3) is 0 Å². The van der Waals surface area contributed by atoms with Crippen LogP contribution in [0.2, 0.25) is 0 Å². The summed E-state index contributed by atoms with van der Waals surface area (Å²) in [6.07, 6.45) is 4.73. The molecule has 4 heteroatoms. The van der Waals surface area contributed by atoms with Gasteiger partial charge in [0.1, 0.15) is 5.75 Å². The first-order valence-electron chi connectivity index (χ1n) is 6.82. The number of carboxylic acid groups (broad SMARTS) is 1. The van der Waals surface area contributed by atoms with E-state index in [0.717, 1.165) is 18.8 Å². The van der Waals surface area contributed by atoms with Crippen molar-refractivity contribution in [2.45, 2.75) is 38.6 Å². The lowest BCUT2D eigenvalue weighted by Gasteiger charge is -2.20. The fraction of sp³-hybridized carbons (Fsp3) is 0.533. The number of aromatic carboxylic acids is 1. The second-order valence-corrected chi connectivity index (χ2v) is 5.15. The number of benzene rings is 1. The maximum Gasteiger partial charge on any atom is 0.337 e. The molecule has 0 spiro atoms. The summed E-state index contributed by atoms with van der Waals surface area (Å²) in [7, 11) is 1.58. The van der Waals surface area contributed by atoms with Crippen molar-refractivity contribution in [1.29, 1.82) is 0 Å². The average Bonchev–Trinajstić information content (AvgIpc) is 3.21. The predicted molar refractivity (Wildman–Crippen MR) is 75.0 cm³/mol. The Kier molecular flexibility index (Phi) is 4.30. The van der Waals surface area contributed by atoms with Gasteiger partial charge in [-0.25, -0.2) is 4.79 Å². The van der Waals surface area contributed by atoms with Crippen LogP contribution in [0.3, 0.4) is 0 Å². The van der Waals surface area contributed by atoms with E-state index in [1.165, 1.54) is 12.8 Å². The van der Waals surface area contributed by atoms with Crippen molar-refractivity contribution in [2.24, 2.45) is 5.92 Å². The number of anilines is 1. The molecule has 104 valence electrons. The maximum atomic E-state index is 11.2. The first-order chi connectivity index (χ1) is 9.13. The summed E-state index contributed by atoms with van der Waals surface area (Å²) in [4.78, 5) is 11.2. The van der Waals surface area contributed by atoms with Crippen LogP contribution < -0.4 is 10.1 Å². The molecular weight excluding hydrogens is 242 g/mol. The molecule has 1 atom stereocenters. The van der Waals surface area contributed by atoms with Crippen molar-refractivity contribution in [1.82, 2.24) is 0 Å². The van der Waals surface area contributed by atoms with Crippen molar-refractivity contribution >= 4 is 11.7 Å². The number of ether oxygens (including phenoxy) is 1. The zero-order chi connectivity index (χ0) is 13.8. The van der Waals surface area contributed by atoms with Crippen molar-refractivity contribution < 1.29 is 14.6 Å². The van der Waals surface area contributed by atoms with E-state index in [4.69, 9.17) is 4.74 Å². The van der Waals surface area contributed by atoms with Gasteiger partial charge in [-0.2, -0.15) is 0 Å². The number of methoxy groups -OCH3 is 1. The molecule has 4 nitrogen and oxygen atoms in total. The summed E-state index contributed by atoms with van der Waals surface area (Å²) < 4.78 is 5.17. The van der Waals surface area contributed by atoms with Crippen LogP contribution >= 0.6 is 0 Å². The number of carboxylic acids is 1. The van der Waals surface area contributed by atoms with E-state index in [0.29, 0.717) is 23.0 Å². The van der Waals surface area contributed by atoms with Gasteiger partial charge in [0, 0.05) is 12.1 Å². The molecule has 0 aromatic heterocycles. The van der Waals surface area contributed by atoms with Crippen LogP contribution in [0.1, 0.15) is 43.0 Å². The quantitative estimate of drug-likeness (QED) is 0.791. The van der Waals surface area contributed by atoms with E-state index < -0.39 is 5.97 Å². The number of nitrogens with one attached hydrogen (secondary N) is 1. The molecule has 1 saturated carbocycles. The maximum absolute atomic E-state index is 11.2. The lowest BCUT2D eigenvalue weighted by molar-refractivity contribution is 0.0698. The molecule has 1 aliphatic rings. The van der Waals surface area contributed by atoms with Crippen LogP contribution in [0.15, 0.2) is 18.2 Å². The molecule has 1 aromatic rings. The van der Waals surface area contributed by atoms with E-state index in [9.17, 15) is 9.90 Å². The Morgan fingerprint density at radius 3 is 2.79 bits per heavy atom. The van der Waals surface area contributed by atoms with Crippen LogP contribution in [-0.2, 0) is 0 Å². The van der Waals surface area contributed by atoms with E-state index in [-0.39, 0.29) is 0 Å². The van der Waals surface area contributed by atoms with Gasteiger partial charge in [0.2, 0.25) is 0 Å². The molecule has 0 aliphatic heterocycles. The Morgan fingerprint density at radius 2 is 2.26 bits per heavy atom. The molecule has 0 radical (unpaired) electrons. The third-order valence-electron chi connectivity index (χ3n) is 3.62. The highest BCUT2D eigenvalue weighted by molar-refractivity contribution is 5.94. The van der Waals surface area contributed by atoms with Crippen molar-refractivity contribution in [3.63, 3.8) is 0 Å². The van der Waals surface area contributed by atoms with E-state index >= 15 is 0 Å². The number of hydrogen-bond acceptors (Lipinski definition) is 3. The minimum Gasteiger partial charge on any atom is -0.497 e. The highest BCUT2D eigenvalue weighted by atomic mass is 16.5. The molecule has 0 amide bonds. The largest absolute Gasteiger partial charge is 0.497 e. The molecule has 2 rings (SSSR count). The summed E-state index contributed by atoms with van der Waals surface area (Å²) >= 11 is 0. The van der Waals surface area contributed by atoms with Gasteiger partial charge < -0.3 is 15.2 Å². The molecule has 1 aliphatic carbocycles. The van der Waals surface area contributed by atoms with Gasteiger partial charge >= 0.3 is 5.97 Å². The van der Waals surface area contributed by atoms with Crippen molar-refractivity contribution in [2.75, 3.05) is 12.4 Å². The van der Waals surface area contributed by atoms with Crippen molar-refractivity contribution in [3.05, 3.63) is 23.8 Å². The molecule has 1 aromatic carbocycles. The Labute approximate surface area is 113 Å². The van der Waals surface area contributed by atoms with Gasteiger partial charge in [-0.05, 0) is 30.9 Å². The average molecular weight is 263 g/mol.